The third-order valence-electron chi connectivity index (χ3n) is 3.36. The van der Waals surface area contributed by atoms with E-state index >= 15 is 0 Å². The van der Waals surface area contributed by atoms with Crippen molar-refractivity contribution in [3.63, 3.8) is 0 Å². The Labute approximate surface area is 155 Å². The Hall–Kier alpha value is -2.93. The van der Waals surface area contributed by atoms with Gasteiger partial charge in [0.1, 0.15) is 12.4 Å². The van der Waals surface area contributed by atoms with Gasteiger partial charge in [-0.05, 0) is 38.1 Å². The van der Waals surface area contributed by atoms with Crippen molar-refractivity contribution in [1.82, 2.24) is 10.3 Å². The number of halogens is 1. The molecule has 2 rings (SSSR count). The molecule has 1 atom stereocenters. The molecule has 136 valence electrons. The van der Waals surface area contributed by atoms with E-state index in [2.05, 4.69) is 15.6 Å². The van der Waals surface area contributed by atoms with Crippen molar-refractivity contribution < 1.29 is 19.1 Å². The summed E-state index contributed by atoms with van der Waals surface area (Å²) in [6, 6.07) is 10.0. The molecule has 0 saturated heterocycles. The van der Waals surface area contributed by atoms with Crippen LogP contribution in [0.25, 0.3) is 0 Å². The highest BCUT2D eigenvalue weighted by Gasteiger charge is 2.19. The minimum Gasteiger partial charge on any atom is -0.451 e. The minimum atomic E-state index is -1.05. The summed E-state index contributed by atoms with van der Waals surface area (Å²) >= 11 is 5.71. The van der Waals surface area contributed by atoms with Crippen molar-refractivity contribution in [3.8, 4) is 0 Å². The minimum absolute atomic E-state index is 0.287. The average Bonchev–Trinajstić information content (AvgIpc) is 2.62. The summed E-state index contributed by atoms with van der Waals surface area (Å²) in [6.45, 7) is 2.99. The molecule has 0 aliphatic carbocycles. The number of benzene rings is 1. The lowest BCUT2D eigenvalue weighted by molar-refractivity contribution is -0.152. The molecule has 0 saturated carbocycles. The third-order valence-corrected chi connectivity index (χ3v) is 3.59. The van der Waals surface area contributed by atoms with E-state index in [4.69, 9.17) is 16.3 Å². The number of aromatic nitrogens is 1. The van der Waals surface area contributed by atoms with Gasteiger partial charge in [0, 0.05) is 11.8 Å². The van der Waals surface area contributed by atoms with Crippen molar-refractivity contribution >= 4 is 35.2 Å². The van der Waals surface area contributed by atoms with Crippen LogP contribution < -0.4 is 10.6 Å². The zero-order valence-electron chi connectivity index (χ0n) is 14.3. The van der Waals surface area contributed by atoms with Gasteiger partial charge in [0.05, 0.1) is 5.02 Å². The summed E-state index contributed by atoms with van der Waals surface area (Å²) in [4.78, 5) is 39.6. The number of amides is 2. The Kier molecular flexibility index (Phi) is 6.68. The first kappa shape index (κ1) is 19.4. The number of carbonyl (C=O) groups is 3. The molecule has 2 aromatic rings. The van der Waals surface area contributed by atoms with Crippen LogP contribution in [-0.4, -0.2) is 35.4 Å². The van der Waals surface area contributed by atoms with E-state index in [1.165, 1.54) is 19.2 Å². The Morgan fingerprint density at radius 3 is 2.46 bits per heavy atom. The second kappa shape index (κ2) is 8.96. The summed E-state index contributed by atoms with van der Waals surface area (Å²) in [6.07, 6.45) is 0.338. The fraction of sp³-hybridized carbons (Fsp3) is 0.222. The molecule has 7 nitrogen and oxygen atoms in total. The van der Waals surface area contributed by atoms with Gasteiger partial charge in [0.2, 0.25) is 0 Å². The summed E-state index contributed by atoms with van der Waals surface area (Å²) < 4.78 is 4.99. The fourth-order valence-corrected chi connectivity index (χ4v) is 2.04. The number of hydrogen-bond donors (Lipinski definition) is 2. The van der Waals surface area contributed by atoms with Gasteiger partial charge in [0.25, 0.3) is 11.8 Å². The number of nitrogens with one attached hydrogen (secondary N) is 2. The van der Waals surface area contributed by atoms with E-state index in [-0.39, 0.29) is 12.4 Å². The van der Waals surface area contributed by atoms with Gasteiger partial charge >= 0.3 is 5.97 Å². The van der Waals surface area contributed by atoms with Crippen LogP contribution in [0, 0.1) is 6.92 Å². The average molecular weight is 376 g/mol. The zero-order chi connectivity index (χ0) is 19.1. The maximum Gasteiger partial charge on any atom is 0.326 e. The first-order chi connectivity index (χ1) is 12.3. The highest BCUT2D eigenvalue weighted by Crippen LogP contribution is 2.10. The number of anilines is 1. The molecular weight excluding hydrogens is 358 g/mol. The van der Waals surface area contributed by atoms with Crippen molar-refractivity contribution in [1.29, 1.82) is 0 Å². The van der Waals surface area contributed by atoms with Crippen LogP contribution in [0.2, 0.25) is 5.02 Å². The maximum atomic E-state index is 12.0. The van der Waals surface area contributed by atoms with Gasteiger partial charge in [-0.15, -0.1) is 0 Å². The molecule has 0 aliphatic heterocycles. The van der Waals surface area contributed by atoms with Crippen LogP contribution in [0.1, 0.15) is 22.8 Å². The highest BCUT2D eigenvalue weighted by atomic mass is 35.5. The molecule has 1 unspecified atom stereocenters. The molecule has 2 amide bonds. The van der Waals surface area contributed by atoms with E-state index in [1.54, 1.807) is 30.3 Å². The smallest absolute Gasteiger partial charge is 0.326 e. The molecule has 2 N–H and O–H groups in total. The summed E-state index contributed by atoms with van der Waals surface area (Å²) in [7, 11) is 0. The Morgan fingerprint density at radius 1 is 1.15 bits per heavy atom. The Balaban J connectivity index is 1.79. The lowest BCUT2D eigenvalue weighted by atomic mass is 10.1. The standard InChI is InChI=1S/C18H18ClN3O4/c1-11-3-5-13(6-4-11)18(25)21-10-16(23)26-12(2)17(24)22-15-8-7-14(19)9-20-15/h3-9,12H,10H2,1-2H3,(H,21,25)(H,20,22,24). The topological polar surface area (TPSA) is 97.4 Å². The van der Waals surface area contributed by atoms with Crippen LogP contribution in [0.5, 0.6) is 0 Å². The Morgan fingerprint density at radius 2 is 1.85 bits per heavy atom. The molecule has 0 radical (unpaired) electrons. The van der Waals surface area contributed by atoms with Crippen molar-refractivity contribution in [2.24, 2.45) is 0 Å². The lowest BCUT2D eigenvalue weighted by Gasteiger charge is -2.13. The van der Waals surface area contributed by atoms with Crippen molar-refractivity contribution in [2.75, 3.05) is 11.9 Å². The van der Waals surface area contributed by atoms with Gasteiger partial charge in [-0.2, -0.15) is 0 Å². The molecule has 0 fully saturated rings. The second-order valence-corrected chi connectivity index (χ2v) is 5.97. The molecule has 1 heterocycles. The van der Waals surface area contributed by atoms with Gasteiger partial charge in [-0.1, -0.05) is 29.3 Å². The quantitative estimate of drug-likeness (QED) is 0.755. The van der Waals surface area contributed by atoms with Crippen LogP contribution in [0.15, 0.2) is 42.6 Å². The molecular formula is C18H18ClN3O4. The SMILES string of the molecule is Cc1ccc(C(=O)NCC(=O)OC(C)C(=O)Nc2ccc(Cl)cn2)cc1. The van der Waals surface area contributed by atoms with E-state index in [0.29, 0.717) is 10.6 Å². The van der Waals surface area contributed by atoms with Crippen LogP contribution in [-0.2, 0) is 14.3 Å². The van der Waals surface area contributed by atoms with Crippen molar-refractivity contribution in [2.45, 2.75) is 20.0 Å². The molecule has 8 heteroatoms. The summed E-state index contributed by atoms with van der Waals surface area (Å²) in [5.74, 6) is -1.38. The molecule has 26 heavy (non-hydrogen) atoms. The lowest BCUT2D eigenvalue weighted by Crippen LogP contribution is -2.36. The molecule has 1 aromatic heterocycles. The summed E-state index contributed by atoms with van der Waals surface area (Å²) in [5, 5.41) is 5.38. The molecule has 0 bridgehead atoms. The van der Waals surface area contributed by atoms with Gasteiger partial charge < -0.3 is 15.4 Å². The number of rotatable bonds is 6. The number of ether oxygens (including phenoxy) is 1. The van der Waals surface area contributed by atoms with Crippen molar-refractivity contribution in [3.05, 3.63) is 58.7 Å². The van der Waals surface area contributed by atoms with Gasteiger partial charge in [-0.25, -0.2) is 4.98 Å². The highest BCUT2D eigenvalue weighted by molar-refractivity contribution is 6.30. The number of carbonyl (C=O) groups excluding carboxylic acids is 3. The summed E-state index contributed by atoms with van der Waals surface area (Å²) in [5.41, 5.74) is 1.46. The number of pyridine rings is 1. The van der Waals surface area contributed by atoms with E-state index in [1.807, 2.05) is 6.92 Å². The Bertz CT molecular complexity index is 791. The second-order valence-electron chi connectivity index (χ2n) is 5.53. The van der Waals surface area contributed by atoms with Crippen LogP contribution >= 0.6 is 11.6 Å². The van der Waals surface area contributed by atoms with Gasteiger partial charge in [0.15, 0.2) is 6.10 Å². The molecule has 0 spiro atoms. The zero-order valence-corrected chi connectivity index (χ0v) is 15.0. The predicted molar refractivity (Wildman–Crippen MR) is 96.9 cm³/mol. The van der Waals surface area contributed by atoms with E-state index in [0.717, 1.165) is 5.56 Å². The number of hydrogen-bond acceptors (Lipinski definition) is 5. The van der Waals surface area contributed by atoms with Crippen LogP contribution in [0.3, 0.4) is 0 Å². The third kappa shape index (κ3) is 5.86. The van der Waals surface area contributed by atoms with E-state index < -0.39 is 23.9 Å². The molecule has 0 aliphatic rings. The largest absolute Gasteiger partial charge is 0.451 e. The number of esters is 1. The number of nitrogens with zero attached hydrogens (tertiary/aromatic N) is 1. The first-order valence-corrected chi connectivity index (χ1v) is 8.19. The monoisotopic (exact) mass is 375 g/mol. The molecule has 1 aromatic carbocycles. The maximum absolute atomic E-state index is 12.0. The van der Waals surface area contributed by atoms with Gasteiger partial charge in [-0.3, -0.25) is 14.4 Å². The predicted octanol–water partition coefficient (Wildman–Crippen LogP) is 2.34. The van der Waals surface area contributed by atoms with E-state index in [9.17, 15) is 14.4 Å². The first-order valence-electron chi connectivity index (χ1n) is 7.82. The number of aryl methyl sites for hydroxylation is 1. The normalized spacial score (nSPS) is 11.3. The van der Waals surface area contributed by atoms with Crippen LogP contribution in [0.4, 0.5) is 5.82 Å². The fourth-order valence-electron chi connectivity index (χ4n) is 1.93.